The molecule has 0 unspecified atom stereocenters. The summed E-state index contributed by atoms with van der Waals surface area (Å²) >= 11 is 0. The van der Waals surface area contributed by atoms with Gasteiger partial charge in [0.05, 0.1) is 13.2 Å². The Morgan fingerprint density at radius 1 is 0.909 bits per heavy atom. The second-order valence-corrected chi connectivity index (χ2v) is 5.31. The van der Waals surface area contributed by atoms with E-state index in [1.54, 1.807) is 0 Å². The van der Waals surface area contributed by atoms with Crippen molar-refractivity contribution in [2.45, 2.75) is 6.04 Å². The lowest BCUT2D eigenvalue weighted by molar-refractivity contribution is 0.0673. The second kappa shape index (κ2) is 7.09. The van der Waals surface area contributed by atoms with Crippen molar-refractivity contribution >= 4 is 5.96 Å². The number of benzene rings is 2. The zero-order valence-electron chi connectivity index (χ0n) is 12.6. The minimum absolute atomic E-state index is 0.0785. The molecule has 0 saturated carbocycles. The lowest BCUT2D eigenvalue weighted by atomic mass is 9.99. The fourth-order valence-corrected chi connectivity index (χ4v) is 2.62. The van der Waals surface area contributed by atoms with Crippen molar-refractivity contribution < 1.29 is 4.74 Å². The molecule has 0 aliphatic carbocycles. The standard InChI is InChI=1S/C18H21N3O/c19-18(21-11-13-22-14-12-21)20-17(15-7-3-1-4-8-15)16-9-5-2-6-10-16/h1-10,17H,11-14H2,(H2,19,20). The van der Waals surface area contributed by atoms with Gasteiger partial charge in [-0.3, -0.25) is 0 Å². The van der Waals surface area contributed by atoms with Crippen molar-refractivity contribution in [3.8, 4) is 0 Å². The first-order valence-electron chi connectivity index (χ1n) is 7.60. The number of nitrogens with two attached hydrogens (primary N) is 1. The van der Waals surface area contributed by atoms with Crippen LogP contribution in [-0.4, -0.2) is 37.2 Å². The van der Waals surface area contributed by atoms with Gasteiger partial charge >= 0.3 is 0 Å². The highest BCUT2D eigenvalue weighted by Gasteiger charge is 2.17. The lowest BCUT2D eigenvalue weighted by Crippen LogP contribution is -2.45. The van der Waals surface area contributed by atoms with E-state index >= 15 is 0 Å². The Kier molecular flexibility index (Phi) is 4.71. The molecule has 1 heterocycles. The van der Waals surface area contributed by atoms with Gasteiger partial charge in [0.25, 0.3) is 0 Å². The first kappa shape index (κ1) is 14.6. The van der Waals surface area contributed by atoms with Crippen LogP contribution in [0.1, 0.15) is 17.2 Å². The number of ether oxygens (including phenoxy) is 1. The molecule has 0 radical (unpaired) electrons. The highest BCUT2D eigenvalue weighted by atomic mass is 16.5. The third-order valence-electron chi connectivity index (χ3n) is 3.83. The summed E-state index contributed by atoms with van der Waals surface area (Å²) in [5.41, 5.74) is 8.53. The van der Waals surface area contributed by atoms with Gasteiger partial charge in [-0.05, 0) is 11.1 Å². The number of hydrogen-bond donors (Lipinski definition) is 1. The van der Waals surface area contributed by atoms with E-state index in [1.165, 1.54) is 0 Å². The summed E-state index contributed by atoms with van der Waals surface area (Å²) in [5, 5.41) is 0. The smallest absolute Gasteiger partial charge is 0.192 e. The van der Waals surface area contributed by atoms with E-state index in [0.717, 1.165) is 24.2 Å². The van der Waals surface area contributed by atoms with Crippen LogP contribution in [0.25, 0.3) is 0 Å². The summed E-state index contributed by atoms with van der Waals surface area (Å²) in [6, 6.07) is 20.4. The zero-order valence-corrected chi connectivity index (χ0v) is 12.6. The van der Waals surface area contributed by atoms with Crippen molar-refractivity contribution in [3.05, 3.63) is 71.8 Å². The summed E-state index contributed by atoms with van der Waals surface area (Å²) in [4.78, 5) is 6.89. The highest BCUT2D eigenvalue weighted by Crippen LogP contribution is 2.26. The number of morpholine rings is 1. The number of guanidine groups is 1. The Morgan fingerprint density at radius 2 is 1.41 bits per heavy atom. The fourth-order valence-electron chi connectivity index (χ4n) is 2.62. The summed E-state index contributed by atoms with van der Waals surface area (Å²) in [5.74, 6) is 0.584. The molecule has 2 aromatic carbocycles. The quantitative estimate of drug-likeness (QED) is 0.699. The largest absolute Gasteiger partial charge is 0.378 e. The van der Waals surface area contributed by atoms with E-state index in [9.17, 15) is 0 Å². The molecule has 2 N–H and O–H groups in total. The van der Waals surface area contributed by atoms with Crippen LogP contribution < -0.4 is 5.73 Å². The normalized spacial score (nSPS) is 16.0. The fraction of sp³-hybridized carbons (Fsp3) is 0.278. The Morgan fingerprint density at radius 3 is 1.91 bits per heavy atom. The van der Waals surface area contributed by atoms with E-state index in [4.69, 9.17) is 15.5 Å². The van der Waals surface area contributed by atoms with Gasteiger partial charge in [0.2, 0.25) is 0 Å². The molecule has 0 spiro atoms. The predicted molar refractivity (Wildman–Crippen MR) is 88.7 cm³/mol. The molecule has 114 valence electrons. The molecule has 2 aromatic rings. The minimum atomic E-state index is -0.0785. The molecule has 1 saturated heterocycles. The van der Waals surface area contributed by atoms with Crippen LogP contribution in [0, 0.1) is 0 Å². The molecular formula is C18H21N3O. The van der Waals surface area contributed by atoms with E-state index in [1.807, 2.05) is 36.4 Å². The average Bonchev–Trinajstić information content (AvgIpc) is 2.62. The van der Waals surface area contributed by atoms with Gasteiger partial charge in [0, 0.05) is 13.1 Å². The van der Waals surface area contributed by atoms with E-state index in [-0.39, 0.29) is 6.04 Å². The third kappa shape index (κ3) is 3.46. The minimum Gasteiger partial charge on any atom is -0.378 e. The molecule has 3 rings (SSSR count). The first-order valence-corrected chi connectivity index (χ1v) is 7.60. The monoisotopic (exact) mass is 295 g/mol. The Hall–Kier alpha value is -2.33. The number of hydrogen-bond acceptors (Lipinski definition) is 2. The van der Waals surface area contributed by atoms with Gasteiger partial charge in [-0.25, -0.2) is 4.99 Å². The van der Waals surface area contributed by atoms with Crippen molar-refractivity contribution in [1.82, 2.24) is 4.90 Å². The summed E-state index contributed by atoms with van der Waals surface area (Å²) in [6.45, 7) is 3.01. The summed E-state index contributed by atoms with van der Waals surface area (Å²) in [6.07, 6.45) is 0. The highest BCUT2D eigenvalue weighted by molar-refractivity contribution is 5.78. The number of rotatable bonds is 3. The van der Waals surface area contributed by atoms with Crippen LogP contribution in [-0.2, 0) is 4.74 Å². The molecule has 4 heteroatoms. The van der Waals surface area contributed by atoms with E-state index < -0.39 is 0 Å². The Labute approximate surface area is 131 Å². The number of nitrogens with zero attached hydrogens (tertiary/aromatic N) is 2. The molecule has 0 amide bonds. The van der Waals surface area contributed by atoms with Gasteiger partial charge in [-0.15, -0.1) is 0 Å². The van der Waals surface area contributed by atoms with E-state index in [0.29, 0.717) is 19.2 Å². The van der Waals surface area contributed by atoms with Crippen molar-refractivity contribution in [2.24, 2.45) is 10.7 Å². The molecule has 1 aliphatic heterocycles. The summed E-state index contributed by atoms with van der Waals surface area (Å²) in [7, 11) is 0. The van der Waals surface area contributed by atoms with Crippen LogP contribution >= 0.6 is 0 Å². The van der Waals surface area contributed by atoms with Crippen LogP contribution in [0.2, 0.25) is 0 Å². The molecular weight excluding hydrogens is 274 g/mol. The predicted octanol–water partition coefficient (Wildman–Crippen LogP) is 2.42. The average molecular weight is 295 g/mol. The molecule has 0 bridgehead atoms. The van der Waals surface area contributed by atoms with Crippen LogP contribution in [0.15, 0.2) is 65.7 Å². The van der Waals surface area contributed by atoms with Gasteiger partial charge in [0.1, 0.15) is 6.04 Å². The Bertz CT molecular complexity index is 567. The molecule has 0 aromatic heterocycles. The molecule has 1 aliphatic rings. The maximum absolute atomic E-state index is 6.24. The van der Waals surface area contributed by atoms with Crippen LogP contribution in [0.5, 0.6) is 0 Å². The molecule has 1 fully saturated rings. The zero-order chi connectivity index (χ0) is 15.2. The van der Waals surface area contributed by atoms with E-state index in [2.05, 4.69) is 29.2 Å². The van der Waals surface area contributed by atoms with Gasteiger partial charge in [-0.2, -0.15) is 0 Å². The van der Waals surface area contributed by atoms with Crippen molar-refractivity contribution in [3.63, 3.8) is 0 Å². The van der Waals surface area contributed by atoms with Gasteiger partial charge in [-0.1, -0.05) is 60.7 Å². The second-order valence-electron chi connectivity index (χ2n) is 5.31. The Balaban J connectivity index is 1.92. The maximum Gasteiger partial charge on any atom is 0.192 e. The van der Waals surface area contributed by atoms with Gasteiger partial charge in [0.15, 0.2) is 5.96 Å². The SMILES string of the molecule is NC(=NC(c1ccccc1)c1ccccc1)N1CCOCC1. The third-order valence-corrected chi connectivity index (χ3v) is 3.83. The van der Waals surface area contributed by atoms with Crippen LogP contribution in [0.3, 0.4) is 0 Å². The van der Waals surface area contributed by atoms with Gasteiger partial charge < -0.3 is 15.4 Å². The first-order chi connectivity index (χ1) is 10.8. The van der Waals surface area contributed by atoms with Crippen molar-refractivity contribution in [1.29, 1.82) is 0 Å². The maximum atomic E-state index is 6.24. The molecule has 4 nitrogen and oxygen atoms in total. The van der Waals surface area contributed by atoms with Crippen molar-refractivity contribution in [2.75, 3.05) is 26.3 Å². The lowest BCUT2D eigenvalue weighted by Gasteiger charge is -2.28. The molecule has 22 heavy (non-hydrogen) atoms. The summed E-state index contributed by atoms with van der Waals surface area (Å²) < 4.78 is 5.37. The topological polar surface area (TPSA) is 50.8 Å². The molecule has 0 atom stereocenters. The van der Waals surface area contributed by atoms with Crippen LogP contribution in [0.4, 0.5) is 0 Å². The number of aliphatic imine (C=N–C) groups is 1.